The lowest BCUT2D eigenvalue weighted by Gasteiger charge is -2.18. The van der Waals surface area contributed by atoms with Gasteiger partial charge in [-0.2, -0.15) is 0 Å². The van der Waals surface area contributed by atoms with Crippen LogP contribution in [0.1, 0.15) is 6.42 Å². The van der Waals surface area contributed by atoms with Crippen molar-refractivity contribution < 1.29 is 14.7 Å². The smallest absolute Gasteiger partial charge is 0.327 e. The first kappa shape index (κ1) is 14.4. The third-order valence-corrected chi connectivity index (χ3v) is 2.23. The Balaban J connectivity index is 2.55. The number of carbonyl (C=O) groups excluding carboxylic acids is 1. The predicted molar refractivity (Wildman–Crippen MR) is 68.3 cm³/mol. The topological polar surface area (TPSA) is 95.4 Å². The quantitative estimate of drug-likeness (QED) is 0.671. The van der Waals surface area contributed by atoms with Gasteiger partial charge in [0, 0.05) is 25.9 Å². The van der Waals surface area contributed by atoms with Crippen LogP contribution in [0.4, 0.5) is 5.95 Å². The molecule has 1 rings (SSSR count). The van der Waals surface area contributed by atoms with E-state index in [0.717, 1.165) is 0 Å². The van der Waals surface area contributed by atoms with Crippen molar-refractivity contribution in [3.05, 3.63) is 18.5 Å². The van der Waals surface area contributed by atoms with Crippen LogP contribution in [0.15, 0.2) is 18.5 Å². The van der Waals surface area contributed by atoms with Crippen LogP contribution in [0.25, 0.3) is 0 Å². The summed E-state index contributed by atoms with van der Waals surface area (Å²) in [5, 5.41) is 11.2. The highest BCUT2D eigenvalue weighted by Gasteiger charge is 2.19. The van der Waals surface area contributed by atoms with Crippen molar-refractivity contribution in [3.8, 4) is 12.3 Å². The zero-order valence-corrected chi connectivity index (χ0v) is 10.4. The number of carbonyl (C=O) groups is 2. The molecule has 19 heavy (non-hydrogen) atoms. The fraction of sp³-hybridized carbons (Fsp3) is 0.333. The number of nitrogens with one attached hydrogen (secondary N) is 1. The molecule has 7 heteroatoms. The molecular formula is C12H14N4O3. The maximum Gasteiger partial charge on any atom is 0.327 e. The molecule has 7 nitrogen and oxygen atoms in total. The lowest BCUT2D eigenvalue weighted by atomic mass is 10.2. The van der Waals surface area contributed by atoms with Gasteiger partial charge in [-0.25, -0.2) is 14.8 Å². The second kappa shape index (κ2) is 6.96. The molecule has 0 radical (unpaired) electrons. The summed E-state index contributed by atoms with van der Waals surface area (Å²) in [5.74, 6) is 0.959. The molecule has 1 heterocycles. The Morgan fingerprint density at radius 1 is 1.53 bits per heavy atom. The highest BCUT2D eigenvalue weighted by Crippen LogP contribution is 2.01. The third kappa shape index (κ3) is 4.63. The lowest BCUT2D eigenvalue weighted by molar-refractivity contribution is -0.141. The molecule has 0 aromatic carbocycles. The summed E-state index contributed by atoms with van der Waals surface area (Å²) in [5.41, 5.74) is 0. The van der Waals surface area contributed by atoms with Crippen molar-refractivity contribution >= 4 is 17.8 Å². The number of terminal acetylenes is 1. The monoisotopic (exact) mass is 262 g/mol. The molecule has 0 saturated heterocycles. The molecule has 0 saturated carbocycles. The summed E-state index contributed by atoms with van der Waals surface area (Å²) in [6.45, 7) is -0.0572. The first-order valence-corrected chi connectivity index (χ1v) is 5.48. The van der Waals surface area contributed by atoms with Crippen LogP contribution in [0.5, 0.6) is 0 Å². The summed E-state index contributed by atoms with van der Waals surface area (Å²) in [7, 11) is 1.63. The molecule has 1 aromatic heterocycles. The number of hydrogen-bond acceptors (Lipinski definition) is 5. The standard InChI is InChI=1S/C12H14N4O3/c1-3-5-9(11(18)19)15-10(17)8-16(2)12-13-6-4-7-14-12/h1,4,6-7,9H,5,8H2,2H3,(H,15,17)(H,18,19). The van der Waals surface area contributed by atoms with Crippen molar-refractivity contribution in [1.29, 1.82) is 0 Å². The third-order valence-electron chi connectivity index (χ3n) is 2.23. The molecule has 0 aliphatic carbocycles. The van der Waals surface area contributed by atoms with Crippen molar-refractivity contribution in [1.82, 2.24) is 15.3 Å². The minimum Gasteiger partial charge on any atom is -0.480 e. The van der Waals surface area contributed by atoms with Gasteiger partial charge in [0.1, 0.15) is 6.04 Å². The van der Waals surface area contributed by atoms with E-state index in [-0.39, 0.29) is 13.0 Å². The average Bonchev–Trinajstić information content (AvgIpc) is 2.39. The second-order valence-corrected chi connectivity index (χ2v) is 3.77. The van der Waals surface area contributed by atoms with E-state index >= 15 is 0 Å². The van der Waals surface area contributed by atoms with Crippen LogP contribution in [0, 0.1) is 12.3 Å². The van der Waals surface area contributed by atoms with Crippen LogP contribution >= 0.6 is 0 Å². The number of rotatable bonds is 6. The predicted octanol–water partition coefficient (Wildman–Crippen LogP) is -0.494. The van der Waals surface area contributed by atoms with Crippen LogP contribution in [-0.4, -0.2) is 46.6 Å². The normalized spacial score (nSPS) is 11.2. The number of hydrogen-bond donors (Lipinski definition) is 2. The number of aliphatic carboxylic acids is 1. The van der Waals surface area contributed by atoms with Gasteiger partial charge in [-0.3, -0.25) is 4.79 Å². The molecule has 2 N–H and O–H groups in total. The van der Waals surface area contributed by atoms with Gasteiger partial charge in [0.05, 0.1) is 6.54 Å². The number of nitrogens with zero attached hydrogens (tertiary/aromatic N) is 3. The van der Waals surface area contributed by atoms with E-state index in [1.165, 1.54) is 4.90 Å². The van der Waals surface area contributed by atoms with E-state index in [2.05, 4.69) is 21.2 Å². The Kier molecular flexibility index (Phi) is 5.29. The zero-order chi connectivity index (χ0) is 14.3. The van der Waals surface area contributed by atoms with E-state index in [4.69, 9.17) is 11.5 Å². The Morgan fingerprint density at radius 3 is 2.68 bits per heavy atom. The fourth-order valence-corrected chi connectivity index (χ4v) is 1.33. The van der Waals surface area contributed by atoms with Crippen LogP contribution in [0.3, 0.4) is 0 Å². The molecule has 0 bridgehead atoms. The molecule has 0 aliphatic heterocycles. The molecule has 1 aromatic rings. The first-order chi connectivity index (χ1) is 9.04. The van der Waals surface area contributed by atoms with Gasteiger partial charge in [0.2, 0.25) is 11.9 Å². The number of anilines is 1. The molecule has 1 amide bonds. The van der Waals surface area contributed by atoms with Gasteiger partial charge in [-0.1, -0.05) is 0 Å². The summed E-state index contributed by atoms with van der Waals surface area (Å²) in [6, 6.07) is 0.577. The number of amides is 1. The molecule has 0 spiro atoms. The Labute approximate surface area is 110 Å². The van der Waals surface area contributed by atoms with Gasteiger partial charge in [-0.05, 0) is 6.07 Å². The van der Waals surface area contributed by atoms with Crippen molar-refractivity contribution in [3.63, 3.8) is 0 Å². The highest BCUT2D eigenvalue weighted by atomic mass is 16.4. The van der Waals surface area contributed by atoms with Crippen LogP contribution < -0.4 is 10.2 Å². The van der Waals surface area contributed by atoms with E-state index < -0.39 is 17.9 Å². The second-order valence-electron chi connectivity index (χ2n) is 3.77. The molecule has 0 aliphatic rings. The minimum absolute atomic E-state index is 0.0572. The average molecular weight is 262 g/mol. The van der Waals surface area contributed by atoms with Crippen molar-refractivity contribution in [2.45, 2.75) is 12.5 Å². The largest absolute Gasteiger partial charge is 0.480 e. The Bertz CT molecular complexity index is 483. The van der Waals surface area contributed by atoms with Gasteiger partial charge in [-0.15, -0.1) is 12.3 Å². The molecule has 1 atom stereocenters. The van der Waals surface area contributed by atoms with E-state index in [9.17, 15) is 9.59 Å². The summed E-state index contributed by atoms with van der Waals surface area (Å²) < 4.78 is 0. The van der Waals surface area contributed by atoms with Crippen LogP contribution in [0.2, 0.25) is 0 Å². The number of carboxylic acid groups (broad SMARTS) is 1. The maximum atomic E-state index is 11.7. The molecule has 100 valence electrons. The van der Waals surface area contributed by atoms with Crippen LogP contribution in [-0.2, 0) is 9.59 Å². The number of aromatic nitrogens is 2. The maximum absolute atomic E-state index is 11.7. The van der Waals surface area contributed by atoms with Crippen molar-refractivity contribution in [2.24, 2.45) is 0 Å². The summed E-state index contributed by atoms with van der Waals surface area (Å²) in [4.78, 5) is 31.9. The van der Waals surface area contributed by atoms with E-state index in [0.29, 0.717) is 5.95 Å². The highest BCUT2D eigenvalue weighted by molar-refractivity contribution is 5.86. The van der Waals surface area contributed by atoms with Gasteiger partial charge in [0.25, 0.3) is 0 Å². The van der Waals surface area contributed by atoms with E-state index in [1.807, 2.05) is 0 Å². The zero-order valence-electron chi connectivity index (χ0n) is 10.4. The van der Waals surface area contributed by atoms with Crippen molar-refractivity contribution in [2.75, 3.05) is 18.5 Å². The Morgan fingerprint density at radius 2 is 2.16 bits per heavy atom. The Hall–Kier alpha value is -2.62. The lowest BCUT2D eigenvalue weighted by Crippen LogP contribution is -2.45. The SMILES string of the molecule is C#CCC(NC(=O)CN(C)c1ncccn1)C(=O)O. The molecule has 1 unspecified atom stereocenters. The number of likely N-dealkylation sites (N-methyl/N-ethyl adjacent to an activating group) is 1. The van der Waals surface area contributed by atoms with Gasteiger partial charge < -0.3 is 15.3 Å². The molecular weight excluding hydrogens is 248 g/mol. The molecule has 0 fully saturated rings. The number of carboxylic acids is 1. The van der Waals surface area contributed by atoms with E-state index in [1.54, 1.807) is 25.5 Å². The minimum atomic E-state index is -1.16. The summed E-state index contributed by atoms with van der Waals surface area (Å²) >= 11 is 0. The van der Waals surface area contributed by atoms with Gasteiger partial charge in [0.15, 0.2) is 0 Å². The summed E-state index contributed by atoms with van der Waals surface area (Å²) in [6.07, 6.45) is 8.08. The fourth-order valence-electron chi connectivity index (χ4n) is 1.33. The first-order valence-electron chi connectivity index (χ1n) is 5.48. The van der Waals surface area contributed by atoms with Gasteiger partial charge >= 0.3 is 5.97 Å².